The lowest BCUT2D eigenvalue weighted by molar-refractivity contribution is -0.121. The lowest BCUT2D eigenvalue weighted by Gasteiger charge is -2.24. The molecule has 0 saturated heterocycles. The third-order valence-electron chi connectivity index (χ3n) is 4.50. The monoisotopic (exact) mass is 376 g/mol. The van der Waals surface area contributed by atoms with Gasteiger partial charge in [0.05, 0.1) is 5.92 Å². The largest absolute Gasteiger partial charge is 0.492 e. The van der Waals surface area contributed by atoms with E-state index in [1.807, 2.05) is 60.8 Å². The molecule has 2 heterocycles. The maximum absolute atomic E-state index is 12.6. The Morgan fingerprint density at radius 1 is 1.11 bits per heavy atom. The Labute approximate surface area is 163 Å². The van der Waals surface area contributed by atoms with Crippen LogP contribution in [0, 0.1) is 5.92 Å². The summed E-state index contributed by atoms with van der Waals surface area (Å²) >= 11 is 1.75. The molecule has 0 aliphatic carbocycles. The van der Waals surface area contributed by atoms with E-state index in [1.165, 1.54) is 5.56 Å². The van der Waals surface area contributed by atoms with Crippen LogP contribution in [0.2, 0.25) is 0 Å². The van der Waals surface area contributed by atoms with Gasteiger partial charge in [0, 0.05) is 28.7 Å². The normalized spacial score (nSPS) is 15.5. The summed E-state index contributed by atoms with van der Waals surface area (Å²) in [4.78, 5) is 17.9. The van der Waals surface area contributed by atoms with E-state index in [2.05, 4.69) is 16.4 Å². The quantitative estimate of drug-likeness (QED) is 0.663. The van der Waals surface area contributed by atoms with Crippen LogP contribution in [0.1, 0.15) is 11.1 Å². The van der Waals surface area contributed by atoms with Crippen LogP contribution in [0.3, 0.4) is 0 Å². The van der Waals surface area contributed by atoms with Crippen molar-refractivity contribution in [1.29, 1.82) is 0 Å². The number of aromatic nitrogens is 1. The molecular formula is C22H20N2O2S. The van der Waals surface area contributed by atoms with Gasteiger partial charge in [-0.25, -0.2) is 0 Å². The van der Waals surface area contributed by atoms with Crippen LogP contribution in [0.15, 0.2) is 78.0 Å². The van der Waals surface area contributed by atoms with E-state index < -0.39 is 0 Å². The van der Waals surface area contributed by atoms with Gasteiger partial charge in [-0.05, 0) is 53.9 Å². The van der Waals surface area contributed by atoms with Crippen LogP contribution in [0.4, 0.5) is 5.69 Å². The first kappa shape index (κ1) is 17.6. The molecule has 0 spiro atoms. The number of carbonyl (C=O) groups is 1. The van der Waals surface area contributed by atoms with Gasteiger partial charge in [-0.3, -0.25) is 9.78 Å². The fourth-order valence-corrected chi connectivity index (χ4v) is 3.86. The molecule has 1 aliphatic rings. The van der Waals surface area contributed by atoms with Crippen LogP contribution < -0.4 is 10.1 Å². The lowest BCUT2D eigenvalue weighted by Crippen LogP contribution is -2.32. The third-order valence-corrected chi connectivity index (χ3v) is 5.58. The first-order chi connectivity index (χ1) is 13.3. The highest BCUT2D eigenvalue weighted by Crippen LogP contribution is 2.28. The molecule has 1 atom stereocenters. The van der Waals surface area contributed by atoms with E-state index in [0.29, 0.717) is 13.0 Å². The molecule has 0 radical (unpaired) electrons. The average molecular weight is 376 g/mol. The second-order valence-electron chi connectivity index (χ2n) is 6.48. The minimum absolute atomic E-state index is 0.000246. The van der Waals surface area contributed by atoms with Gasteiger partial charge in [-0.2, -0.15) is 0 Å². The molecule has 1 amide bonds. The molecule has 0 saturated carbocycles. The van der Waals surface area contributed by atoms with E-state index in [0.717, 1.165) is 27.6 Å². The zero-order valence-electron chi connectivity index (χ0n) is 14.8. The van der Waals surface area contributed by atoms with Crippen LogP contribution in [0.25, 0.3) is 0 Å². The number of anilines is 1. The predicted molar refractivity (Wildman–Crippen MR) is 108 cm³/mol. The molecule has 27 heavy (non-hydrogen) atoms. The average Bonchev–Trinajstić information content (AvgIpc) is 2.73. The van der Waals surface area contributed by atoms with E-state index in [4.69, 9.17) is 4.74 Å². The van der Waals surface area contributed by atoms with Gasteiger partial charge in [-0.15, -0.1) is 11.8 Å². The van der Waals surface area contributed by atoms with E-state index in [1.54, 1.807) is 18.0 Å². The number of hydrogen-bond donors (Lipinski definition) is 1. The zero-order valence-corrected chi connectivity index (χ0v) is 15.6. The molecule has 4 nitrogen and oxygen atoms in total. The molecule has 0 fully saturated rings. The first-order valence-corrected chi connectivity index (χ1v) is 9.90. The number of nitrogens with one attached hydrogen (secondary N) is 1. The van der Waals surface area contributed by atoms with Crippen molar-refractivity contribution in [2.45, 2.75) is 17.1 Å². The van der Waals surface area contributed by atoms with E-state index in [-0.39, 0.29) is 11.8 Å². The summed E-state index contributed by atoms with van der Waals surface area (Å²) in [6.07, 6.45) is 4.37. The molecule has 1 aromatic heterocycles. The fourth-order valence-electron chi connectivity index (χ4n) is 3.03. The highest BCUT2D eigenvalue weighted by Gasteiger charge is 2.25. The second-order valence-corrected chi connectivity index (χ2v) is 7.53. The maximum Gasteiger partial charge on any atom is 0.231 e. The molecule has 1 unspecified atom stereocenters. The Morgan fingerprint density at radius 2 is 1.96 bits per heavy atom. The molecule has 5 heteroatoms. The maximum atomic E-state index is 12.6. The molecule has 1 N–H and O–H groups in total. The Morgan fingerprint density at radius 3 is 2.78 bits per heavy atom. The number of carbonyl (C=O) groups excluding carboxylic acids is 1. The highest BCUT2D eigenvalue weighted by atomic mass is 32.2. The van der Waals surface area contributed by atoms with Gasteiger partial charge in [0.2, 0.25) is 5.91 Å². The number of nitrogens with zero attached hydrogens (tertiary/aromatic N) is 1. The Kier molecular flexibility index (Phi) is 5.39. The summed E-state index contributed by atoms with van der Waals surface area (Å²) in [7, 11) is 0. The number of rotatable bonds is 5. The topological polar surface area (TPSA) is 51.2 Å². The Bertz CT molecular complexity index is 913. The van der Waals surface area contributed by atoms with Crippen LogP contribution in [-0.2, 0) is 17.0 Å². The summed E-state index contributed by atoms with van der Waals surface area (Å²) in [6.45, 7) is 0.419. The number of hydrogen-bond acceptors (Lipinski definition) is 4. The summed E-state index contributed by atoms with van der Waals surface area (Å²) in [5, 5.41) is 3.01. The summed E-state index contributed by atoms with van der Waals surface area (Å²) in [5.41, 5.74) is 3.09. The van der Waals surface area contributed by atoms with Crippen LogP contribution in [0.5, 0.6) is 5.75 Å². The molecule has 0 bridgehead atoms. The molecule has 3 aromatic rings. The van der Waals surface area contributed by atoms with Crippen LogP contribution >= 0.6 is 11.8 Å². The molecule has 1 aliphatic heterocycles. The summed E-state index contributed by atoms with van der Waals surface area (Å²) < 4.78 is 5.72. The van der Waals surface area contributed by atoms with Crippen molar-refractivity contribution < 1.29 is 9.53 Å². The smallest absolute Gasteiger partial charge is 0.231 e. The Hall–Kier alpha value is -2.79. The highest BCUT2D eigenvalue weighted by molar-refractivity contribution is 7.98. The lowest BCUT2D eigenvalue weighted by atomic mass is 9.96. The zero-order chi connectivity index (χ0) is 18.5. The van der Waals surface area contributed by atoms with Gasteiger partial charge >= 0.3 is 0 Å². The van der Waals surface area contributed by atoms with Crippen molar-refractivity contribution in [2.24, 2.45) is 5.92 Å². The van der Waals surface area contributed by atoms with Gasteiger partial charge in [0.15, 0.2) is 0 Å². The second kappa shape index (κ2) is 8.27. The summed E-state index contributed by atoms with van der Waals surface area (Å²) in [6, 6.07) is 19.9. The van der Waals surface area contributed by atoms with Gasteiger partial charge in [0.25, 0.3) is 0 Å². The van der Waals surface area contributed by atoms with Crippen molar-refractivity contribution in [3.05, 3.63) is 84.2 Å². The van der Waals surface area contributed by atoms with Gasteiger partial charge in [0.1, 0.15) is 12.4 Å². The van der Waals surface area contributed by atoms with Gasteiger partial charge < -0.3 is 10.1 Å². The number of para-hydroxylation sites is 1. The number of fused-ring (bicyclic) bond motifs is 1. The SMILES string of the molecule is O=C(Nc1ccc(SCc2cccnc2)cc1)C1COc2ccccc2C1. The predicted octanol–water partition coefficient (Wildman–Crippen LogP) is 4.56. The van der Waals surface area contributed by atoms with E-state index in [9.17, 15) is 4.79 Å². The van der Waals surface area contributed by atoms with Crippen molar-refractivity contribution in [1.82, 2.24) is 4.98 Å². The van der Waals surface area contributed by atoms with Crippen molar-refractivity contribution in [3.63, 3.8) is 0 Å². The standard InChI is InChI=1S/C22H20N2O2S/c25-22(18-12-17-5-1-2-6-21(17)26-14-18)24-19-7-9-20(10-8-19)27-15-16-4-3-11-23-13-16/h1-11,13,18H,12,14-15H2,(H,24,25). The van der Waals surface area contributed by atoms with Crippen LogP contribution in [-0.4, -0.2) is 17.5 Å². The van der Waals surface area contributed by atoms with Crippen molar-refractivity contribution >= 4 is 23.4 Å². The third kappa shape index (κ3) is 4.49. The number of ether oxygens (including phenoxy) is 1. The molecule has 2 aromatic carbocycles. The fraction of sp³-hybridized carbons (Fsp3) is 0.182. The number of benzene rings is 2. The van der Waals surface area contributed by atoms with E-state index >= 15 is 0 Å². The Balaban J connectivity index is 1.32. The summed E-state index contributed by atoms with van der Waals surface area (Å²) in [5.74, 6) is 1.59. The number of amides is 1. The number of thioether (sulfide) groups is 1. The molecular weight excluding hydrogens is 356 g/mol. The molecule has 4 rings (SSSR count). The number of pyridine rings is 1. The first-order valence-electron chi connectivity index (χ1n) is 8.91. The minimum Gasteiger partial charge on any atom is -0.492 e. The van der Waals surface area contributed by atoms with Gasteiger partial charge in [-0.1, -0.05) is 24.3 Å². The van der Waals surface area contributed by atoms with Crippen molar-refractivity contribution in [3.8, 4) is 5.75 Å². The van der Waals surface area contributed by atoms with Crippen molar-refractivity contribution in [2.75, 3.05) is 11.9 Å². The molecule has 136 valence electrons. The minimum atomic E-state index is -0.167.